The molecule has 11 nitrogen and oxygen atoms in total. The van der Waals surface area contributed by atoms with Crippen molar-refractivity contribution in [3.63, 3.8) is 0 Å². The molecule has 0 saturated heterocycles. The van der Waals surface area contributed by atoms with E-state index in [1.807, 2.05) is 0 Å². The van der Waals surface area contributed by atoms with Gasteiger partial charge in [0.05, 0.1) is 26.0 Å². The zero-order valence-electron chi connectivity index (χ0n) is 10.4. The second kappa shape index (κ2) is 18.1. The lowest BCUT2D eigenvalue weighted by Crippen LogP contribution is -2.81. The van der Waals surface area contributed by atoms with Crippen LogP contribution in [0.5, 0.6) is 0 Å². The van der Waals surface area contributed by atoms with E-state index in [0.717, 1.165) is 0 Å². The van der Waals surface area contributed by atoms with Crippen molar-refractivity contribution >= 4 is 23.9 Å². The van der Waals surface area contributed by atoms with E-state index in [0.29, 0.717) is 0 Å². The average Bonchev–Trinajstić information content (AvgIpc) is 2.18. The number of quaternary nitrogens is 2. The molecule has 0 atom stereocenters. The van der Waals surface area contributed by atoms with E-state index in [1.165, 1.54) is 0 Å². The van der Waals surface area contributed by atoms with Crippen molar-refractivity contribution in [1.29, 1.82) is 0 Å². The Morgan fingerprint density at radius 2 is 1.05 bits per heavy atom. The summed E-state index contributed by atoms with van der Waals surface area (Å²) in [5, 5.41) is 36.8. The smallest absolute Gasteiger partial charge is 0.359 e. The molecule has 0 unspecified atom stereocenters. The first-order valence-corrected chi connectivity index (χ1v) is 4.60. The van der Waals surface area contributed by atoms with Crippen molar-refractivity contribution in [2.75, 3.05) is 27.2 Å². The Labute approximate surface area is 108 Å². The Balaban J connectivity index is -0.0000000865. The van der Waals surface area contributed by atoms with Crippen LogP contribution in [0.15, 0.2) is 0 Å². The van der Waals surface area contributed by atoms with Crippen LogP contribution in [-0.2, 0) is 19.2 Å². The predicted molar refractivity (Wildman–Crippen MR) is 54.3 cm³/mol. The van der Waals surface area contributed by atoms with E-state index in [2.05, 4.69) is 0 Å². The molecule has 0 radical (unpaired) electrons. The number of carboxylic acids is 4. The third kappa shape index (κ3) is 49.6. The van der Waals surface area contributed by atoms with Crippen LogP contribution >= 0.6 is 0 Å². The summed E-state index contributed by atoms with van der Waals surface area (Å²) in [6.45, 7) is 0.333. The number of likely N-dealkylation sites (N-methyl/N-ethyl adjacent to an activating group) is 2. The van der Waals surface area contributed by atoms with Gasteiger partial charge in [-0.3, -0.25) is 0 Å². The summed E-state index contributed by atoms with van der Waals surface area (Å²) in [6, 6.07) is 0. The van der Waals surface area contributed by atoms with E-state index in [-0.39, 0.29) is 18.6 Å². The lowest BCUT2D eigenvalue weighted by molar-refractivity contribution is -0.617. The van der Waals surface area contributed by atoms with Gasteiger partial charge in [0.25, 0.3) is 0 Å². The van der Waals surface area contributed by atoms with Gasteiger partial charge in [0.2, 0.25) is 0 Å². The van der Waals surface area contributed by atoms with Crippen molar-refractivity contribution in [3.05, 3.63) is 0 Å². The molecule has 0 amide bonds. The molecule has 0 heterocycles. The highest BCUT2D eigenvalue weighted by molar-refractivity contribution is 6.25. The van der Waals surface area contributed by atoms with Gasteiger partial charge < -0.3 is 46.1 Å². The highest BCUT2D eigenvalue weighted by Gasteiger charge is 1.90. The Hall–Kier alpha value is -2.24. The SMILES string of the molecule is C[NH2+]CC(=O)O.C[NH2+]CC(=O)O.O.O=C([O-])C(=O)[O-]. The molecular weight excluding hydrogens is 268 g/mol. The van der Waals surface area contributed by atoms with Gasteiger partial charge in [-0.05, 0) is 0 Å². The van der Waals surface area contributed by atoms with Gasteiger partial charge in [-0.25, -0.2) is 9.59 Å². The topological polar surface area (TPSA) is 220 Å². The fourth-order valence-corrected chi connectivity index (χ4v) is 0.349. The minimum Gasteiger partial charge on any atom is -0.543 e. The number of aliphatic carboxylic acids is 4. The number of nitrogens with two attached hydrogens (primary N) is 2. The standard InChI is InChI=1S/2C3H7NO2.C2H2O4.H2O/c2*1-4-2-3(5)6;3-1(4)2(5)6;/h2*4H,2H2,1H3,(H,5,6);(H,3,4)(H,5,6);1H2. The fraction of sp³-hybridized carbons (Fsp3) is 0.500. The van der Waals surface area contributed by atoms with Gasteiger partial charge in [0.1, 0.15) is 0 Å². The summed E-state index contributed by atoms with van der Waals surface area (Å²) in [5.41, 5.74) is 0. The van der Waals surface area contributed by atoms with E-state index in [1.54, 1.807) is 24.7 Å². The van der Waals surface area contributed by atoms with Crippen molar-refractivity contribution in [3.8, 4) is 0 Å². The van der Waals surface area contributed by atoms with Crippen LogP contribution in [0.2, 0.25) is 0 Å². The number of hydrogen-bond acceptors (Lipinski definition) is 6. The van der Waals surface area contributed by atoms with Gasteiger partial charge >= 0.3 is 11.9 Å². The first-order valence-electron chi connectivity index (χ1n) is 4.60. The minimum absolute atomic E-state index is 0. The first kappa shape index (κ1) is 25.6. The molecule has 0 saturated carbocycles. The van der Waals surface area contributed by atoms with Crippen LogP contribution in [0.1, 0.15) is 0 Å². The molecule has 0 rings (SSSR count). The quantitative estimate of drug-likeness (QED) is 0.362. The van der Waals surface area contributed by atoms with E-state index >= 15 is 0 Å². The largest absolute Gasteiger partial charge is 0.543 e. The monoisotopic (exact) mass is 286 g/mol. The second-order valence-electron chi connectivity index (χ2n) is 2.59. The van der Waals surface area contributed by atoms with E-state index < -0.39 is 23.9 Å². The number of hydrogen-bond donors (Lipinski definition) is 4. The van der Waals surface area contributed by atoms with E-state index in [9.17, 15) is 9.59 Å². The molecule has 19 heavy (non-hydrogen) atoms. The van der Waals surface area contributed by atoms with Gasteiger partial charge in [0, 0.05) is 0 Å². The Morgan fingerprint density at radius 3 is 1.05 bits per heavy atom. The second-order valence-corrected chi connectivity index (χ2v) is 2.59. The van der Waals surface area contributed by atoms with Gasteiger partial charge in [0.15, 0.2) is 13.1 Å². The van der Waals surface area contributed by atoms with E-state index in [4.69, 9.17) is 30.0 Å². The van der Waals surface area contributed by atoms with Crippen molar-refractivity contribution < 1.29 is 55.7 Å². The normalized spacial score (nSPS) is 7.47. The molecule has 0 aromatic carbocycles. The Morgan fingerprint density at radius 1 is 0.842 bits per heavy atom. The number of carbonyl (C=O) groups excluding carboxylic acids is 2. The number of carboxylic acid groups (broad SMARTS) is 4. The highest BCUT2D eigenvalue weighted by Crippen LogP contribution is 1.43. The molecule has 0 bridgehead atoms. The van der Waals surface area contributed by atoms with Gasteiger partial charge in [-0.15, -0.1) is 0 Å². The summed E-state index contributed by atoms with van der Waals surface area (Å²) in [6.07, 6.45) is 0. The molecular formula is C8H18N2O9. The molecule has 0 aliphatic heterocycles. The maximum atomic E-state index is 9.57. The summed E-state index contributed by atoms with van der Waals surface area (Å²) in [7, 11) is 3.43. The lowest BCUT2D eigenvalue weighted by Gasteiger charge is -1.97. The summed E-state index contributed by atoms with van der Waals surface area (Å²) >= 11 is 0. The molecule has 11 heteroatoms. The minimum atomic E-state index is -2.19. The molecule has 0 aliphatic rings. The van der Waals surface area contributed by atoms with Crippen molar-refractivity contribution in [1.82, 2.24) is 0 Å². The van der Waals surface area contributed by atoms with Crippen molar-refractivity contribution in [2.45, 2.75) is 0 Å². The number of carbonyl (C=O) groups is 4. The lowest BCUT2D eigenvalue weighted by atomic mass is 10.7. The maximum Gasteiger partial charge on any atom is 0.359 e. The highest BCUT2D eigenvalue weighted by atomic mass is 16.4. The molecule has 0 aromatic rings. The summed E-state index contributed by atoms with van der Waals surface area (Å²) in [5.74, 6) is -5.90. The molecule has 0 aromatic heterocycles. The zero-order valence-corrected chi connectivity index (χ0v) is 10.4. The summed E-state index contributed by atoms with van der Waals surface area (Å²) in [4.78, 5) is 37.0. The number of rotatable bonds is 4. The van der Waals surface area contributed by atoms with Crippen LogP contribution in [0, 0.1) is 0 Å². The van der Waals surface area contributed by atoms with Crippen molar-refractivity contribution in [2.24, 2.45) is 0 Å². The summed E-state index contributed by atoms with van der Waals surface area (Å²) < 4.78 is 0. The van der Waals surface area contributed by atoms with Crippen LogP contribution in [0.3, 0.4) is 0 Å². The molecule has 8 N–H and O–H groups in total. The zero-order chi connectivity index (χ0) is 15.1. The van der Waals surface area contributed by atoms with Gasteiger partial charge in [-0.1, -0.05) is 0 Å². The van der Waals surface area contributed by atoms with Gasteiger partial charge in [-0.2, -0.15) is 0 Å². The molecule has 0 aliphatic carbocycles. The van der Waals surface area contributed by atoms with Crippen LogP contribution in [-0.4, -0.2) is 66.8 Å². The van der Waals surface area contributed by atoms with Crippen LogP contribution in [0.25, 0.3) is 0 Å². The Kier molecular flexibility index (Phi) is 24.4. The predicted octanol–water partition coefficient (Wildman–Crippen LogP) is -7.81. The Bertz CT molecular complexity index is 251. The molecule has 0 fully saturated rings. The third-order valence-electron chi connectivity index (χ3n) is 0.924. The average molecular weight is 286 g/mol. The van der Waals surface area contributed by atoms with Crippen LogP contribution < -0.4 is 20.8 Å². The fourth-order valence-electron chi connectivity index (χ4n) is 0.349. The third-order valence-corrected chi connectivity index (χ3v) is 0.924. The molecule has 114 valence electrons. The first-order chi connectivity index (χ1) is 8.18. The maximum absolute atomic E-state index is 9.57. The molecule has 0 spiro atoms. The van der Waals surface area contributed by atoms with Crippen LogP contribution in [0.4, 0.5) is 0 Å².